The molecule has 2 aromatic carbocycles. The number of anilines is 1. The lowest BCUT2D eigenvalue weighted by atomic mass is 10.2. The first-order valence-electron chi connectivity index (χ1n) is 6.01. The van der Waals surface area contributed by atoms with Crippen LogP contribution in [0.1, 0.15) is 10.8 Å². The van der Waals surface area contributed by atoms with Crippen LogP contribution in [-0.2, 0) is 9.84 Å². The predicted molar refractivity (Wildman–Crippen MR) is 77.9 cm³/mol. The van der Waals surface area contributed by atoms with Gasteiger partial charge in [0.2, 0.25) is 0 Å². The lowest BCUT2D eigenvalue weighted by Crippen LogP contribution is -2.01. The molecule has 0 bridgehead atoms. The van der Waals surface area contributed by atoms with Gasteiger partial charge in [-0.3, -0.25) is 0 Å². The van der Waals surface area contributed by atoms with E-state index < -0.39 is 9.84 Å². The molecule has 0 aromatic heterocycles. The van der Waals surface area contributed by atoms with Gasteiger partial charge in [-0.05, 0) is 29.8 Å². The maximum atomic E-state index is 13.3. The smallest absolute Gasteiger partial charge is 0.180 e. The van der Waals surface area contributed by atoms with Crippen molar-refractivity contribution in [1.82, 2.24) is 0 Å². The highest BCUT2D eigenvalue weighted by molar-refractivity contribution is 8.01. The molecule has 1 aliphatic rings. The second-order valence-electron chi connectivity index (χ2n) is 4.61. The first kappa shape index (κ1) is 13.5. The quantitative estimate of drug-likeness (QED) is 0.866. The monoisotopic (exact) mass is 309 g/mol. The van der Waals surface area contributed by atoms with Gasteiger partial charge in [0.05, 0.1) is 15.9 Å². The summed E-state index contributed by atoms with van der Waals surface area (Å²) >= 11 is 1.29. The van der Waals surface area contributed by atoms with E-state index in [0.717, 1.165) is 5.56 Å². The summed E-state index contributed by atoms with van der Waals surface area (Å²) in [5.41, 5.74) is 7.04. The number of sulfone groups is 1. The van der Waals surface area contributed by atoms with Crippen molar-refractivity contribution in [2.75, 3.05) is 11.5 Å². The zero-order valence-corrected chi connectivity index (χ0v) is 12.0. The molecule has 0 saturated heterocycles. The van der Waals surface area contributed by atoms with Gasteiger partial charge in [0, 0.05) is 10.6 Å². The van der Waals surface area contributed by atoms with E-state index in [9.17, 15) is 12.8 Å². The van der Waals surface area contributed by atoms with E-state index in [2.05, 4.69) is 0 Å². The summed E-state index contributed by atoms with van der Waals surface area (Å²) in [6.45, 7) is 0. The van der Waals surface area contributed by atoms with Crippen molar-refractivity contribution in [2.24, 2.45) is 0 Å². The minimum Gasteiger partial charge on any atom is -0.398 e. The maximum Gasteiger partial charge on any atom is 0.180 e. The fraction of sp³-hybridized carbons (Fsp3) is 0.143. The van der Waals surface area contributed by atoms with Crippen LogP contribution in [0.5, 0.6) is 0 Å². The molecule has 20 heavy (non-hydrogen) atoms. The summed E-state index contributed by atoms with van der Waals surface area (Å²) in [7, 11) is -3.25. The highest BCUT2D eigenvalue weighted by Gasteiger charge is 2.35. The number of hydrogen-bond acceptors (Lipinski definition) is 4. The van der Waals surface area contributed by atoms with Crippen molar-refractivity contribution in [1.29, 1.82) is 0 Å². The molecule has 3 rings (SSSR count). The van der Waals surface area contributed by atoms with Gasteiger partial charge < -0.3 is 5.73 Å². The van der Waals surface area contributed by atoms with E-state index in [-0.39, 0.29) is 16.8 Å². The van der Waals surface area contributed by atoms with E-state index in [1.54, 1.807) is 18.2 Å². The minimum absolute atomic E-state index is 0.0208. The van der Waals surface area contributed by atoms with Crippen molar-refractivity contribution in [3.05, 3.63) is 53.8 Å². The van der Waals surface area contributed by atoms with Crippen LogP contribution in [0, 0.1) is 5.82 Å². The minimum atomic E-state index is -3.25. The Morgan fingerprint density at radius 1 is 1.20 bits per heavy atom. The van der Waals surface area contributed by atoms with Gasteiger partial charge in [0.1, 0.15) is 5.82 Å². The molecule has 2 aromatic rings. The Kier molecular flexibility index (Phi) is 3.22. The highest BCUT2D eigenvalue weighted by Crippen LogP contribution is 2.46. The molecule has 104 valence electrons. The second-order valence-corrected chi connectivity index (χ2v) is 7.86. The number of nitrogen functional groups attached to an aromatic ring is 1. The summed E-state index contributed by atoms with van der Waals surface area (Å²) in [5, 5.41) is -0.250. The third-order valence-corrected chi connectivity index (χ3v) is 6.55. The Hall–Kier alpha value is -1.53. The van der Waals surface area contributed by atoms with Crippen LogP contribution in [0.15, 0.2) is 52.3 Å². The lowest BCUT2D eigenvalue weighted by Gasteiger charge is -2.11. The van der Waals surface area contributed by atoms with Gasteiger partial charge in [-0.15, -0.1) is 11.8 Å². The molecule has 1 atom stereocenters. The number of nitrogens with two attached hydrogens (primary N) is 1. The first-order chi connectivity index (χ1) is 9.47. The van der Waals surface area contributed by atoms with Crippen LogP contribution >= 0.6 is 11.8 Å². The average molecular weight is 309 g/mol. The molecular weight excluding hydrogens is 297 g/mol. The molecular formula is C14H12FNO2S2. The molecule has 0 fully saturated rings. The van der Waals surface area contributed by atoms with Crippen molar-refractivity contribution in [3.8, 4) is 0 Å². The Morgan fingerprint density at radius 2 is 1.95 bits per heavy atom. The van der Waals surface area contributed by atoms with Gasteiger partial charge in [0.25, 0.3) is 0 Å². The SMILES string of the molecule is Nc1ccc(F)cc1SC1CS(=O)(=O)c2ccccc21. The Morgan fingerprint density at radius 3 is 2.75 bits per heavy atom. The fourth-order valence-corrected chi connectivity index (χ4v) is 5.79. The number of halogens is 1. The van der Waals surface area contributed by atoms with E-state index in [1.807, 2.05) is 6.07 Å². The molecule has 0 saturated carbocycles. The zero-order chi connectivity index (χ0) is 14.3. The molecule has 0 radical (unpaired) electrons. The van der Waals surface area contributed by atoms with Gasteiger partial charge >= 0.3 is 0 Å². The van der Waals surface area contributed by atoms with Crippen molar-refractivity contribution in [3.63, 3.8) is 0 Å². The van der Waals surface area contributed by atoms with Crippen molar-refractivity contribution in [2.45, 2.75) is 15.0 Å². The van der Waals surface area contributed by atoms with E-state index in [1.165, 1.54) is 30.0 Å². The van der Waals surface area contributed by atoms with E-state index in [4.69, 9.17) is 5.73 Å². The van der Waals surface area contributed by atoms with Gasteiger partial charge in [-0.1, -0.05) is 18.2 Å². The molecule has 0 spiro atoms. The van der Waals surface area contributed by atoms with Gasteiger partial charge in [-0.25, -0.2) is 12.8 Å². The Balaban J connectivity index is 2.00. The summed E-state index contributed by atoms with van der Waals surface area (Å²) in [5.74, 6) is -0.358. The Labute approximate surface area is 120 Å². The van der Waals surface area contributed by atoms with Crippen LogP contribution in [0.2, 0.25) is 0 Å². The number of rotatable bonds is 2. The fourth-order valence-electron chi connectivity index (χ4n) is 2.27. The third kappa shape index (κ3) is 2.29. The third-order valence-electron chi connectivity index (χ3n) is 3.22. The largest absolute Gasteiger partial charge is 0.398 e. The molecule has 1 unspecified atom stereocenters. The van der Waals surface area contributed by atoms with Gasteiger partial charge in [-0.2, -0.15) is 0 Å². The zero-order valence-electron chi connectivity index (χ0n) is 10.4. The molecule has 6 heteroatoms. The maximum absolute atomic E-state index is 13.3. The first-order valence-corrected chi connectivity index (χ1v) is 8.54. The normalized spacial score (nSPS) is 19.8. The molecule has 3 nitrogen and oxygen atoms in total. The summed E-state index contributed by atoms with van der Waals surface area (Å²) in [4.78, 5) is 0.939. The molecule has 0 aliphatic carbocycles. The van der Waals surface area contributed by atoms with Crippen molar-refractivity contribution >= 4 is 27.3 Å². The van der Waals surface area contributed by atoms with Gasteiger partial charge in [0.15, 0.2) is 9.84 Å². The number of thioether (sulfide) groups is 1. The van der Waals surface area contributed by atoms with Crippen molar-refractivity contribution < 1.29 is 12.8 Å². The summed E-state index contributed by atoms with van der Waals surface area (Å²) in [6, 6.07) is 11.1. The van der Waals surface area contributed by atoms with E-state index in [0.29, 0.717) is 15.5 Å². The molecule has 1 heterocycles. The highest BCUT2D eigenvalue weighted by atomic mass is 32.2. The second kappa shape index (κ2) is 4.79. The topological polar surface area (TPSA) is 60.2 Å². The number of fused-ring (bicyclic) bond motifs is 1. The predicted octanol–water partition coefficient (Wildman–Crippen LogP) is 3.03. The molecule has 2 N–H and O–H groups in total. The van der Waals surface area contributed by atoms with Crippen LogP contribution in [0.25, 0.3) is 0 Å². The van der Waals surface area contributed by atoms with Crippen LogP contribution in [0.3, 0.4) is 0 Å². The molecule has 1 aliphatic heterocycles. The summed E-state index contributed by atoms with van der Waals surface area (Å²) in [6.07, 6.45) is 0. The van der Waals surface area contributed by atoms with E-state index >= 15 is 0 Å². The average Bonchev–Trinajstić information content (AvgIpc) is 2.66. The number of hydrogen-bond donors (Lipinski definition) is 1. The lowest BCUT2D eigenvalue weighted by molar-refractivity contribution is 0.600. The van der Waals surface area contributed by atoms with Crippen LogP contribution < -0.4 is 5.73 Å². The van der Waals surface area contributed by atoms with Crippen LogP contribution in [0.4, 0.5) is 10.1 Å². The number of benzene rings is 2. The molecule has 0 amide bonds. The Bertz CT molecular complexity index is 774. The summed E-state index contributed by atoms with van der Waals surface area (Å²) < 4.78 is 37.5. The standard InChI is InChI=1S/C14H12FNO2S2/c15-9-5-6-11(16)12(7-9)19-13-8-20(17,18)14-4-2-1-3-10(13)14/h1-7,13H,8,16H2. The van der Waals surface area contributed by atoms with Crippen LogP contribution in [-0.4, -0.2) is 14.2 Å².